The lowest BCUT2D eigenvalue weighted by atomic mass is 10.0. The summed E-state index contributed by atoms with van der Waals surface area (Å²) in [6.07, 6.45) is 2.53. The summed E-state index contributed by atoms with van der Waals surface area (Å²) in [5.74, 6) is 1.93. The van der Waals surface area contributed by atoms with Crippen molar-refractivity contribution in [1.82, 2.24) is 15.5 Å². The lowest BCUT2D eigenvalue weighted by molar-refractivity contribution is 0.0359. The Bertz CT molecular complexity index is 513. The van der Waals surface area contributed by atoms with Gasteiger partial charge >= 0.3 is 6.03 Å². The molecule has 0 spiro atoms. The van der Waals surface area contributed by atoms with Gasteiger partial charge in [-0.05, 0) is 51.3 Å². The second-order valence-electron chi connectivity index (χ2n) is 6.84. The molecule has 0 saturated carbocycles. The SMILES string of the molecule is Cc1ccc(C(C)(O)CNC(=O)NCCN2CCCC(C)C2)o1. The first-order valence-electron chi connectivity index (χ1n) is 8.40. The summed E-state index contributed by atoms with van der Waals surface area (Å²) in [7, 11) is 0. The average molecular weight is 323 g/mol. The van der Waals surface area contributed by atoms with Crippen LogP contribution in [0.4, 0.5) is 4.79 Å². The van der Waals surface area contributed by atoms with Gasteiger partial charge in [-0.25, -0.2) is 4.79 Å². The van der Waals surface area contributed by atoms with Gasteiger partial charge in [0, 0.05) is 19.6 Å². The first-order chi connectivity index (χ1) is 10.9. The zero-order valence-corrected chi connectivity index (χ0v) is 14.4. The van der Waals surface area contributed by atoms with E-state index in [9.17, 15) is 9.90 Å². The molecule has 0 aliphatic carbocycles. The van der Waals surface area contributed by atoms with Crippen LogP contribution in [0, 0.1) is 12.8 Å². The topological polar surface area (TPSA) is 77.7 Å². The fourth-order valence-corrected chi connectivity index (χ4v) is 2.94. The molecule has 0 aromatic carbocycles. The summed E-state index contributed by atoms with van der Waals surface area (Å²) >= 11 is 0. The number of urea groups is 1. The van der Waals surface area contributed by atoms with Gasteiger partial charge in [0.15, 0.2) is 0 Å². The number of carbonyl (C=O) groups excluding carboxylic acids is 1. The number of rotatable bonds is 6. The molecule has 0 bridgehead atoms. The number of hydrogen-bond acceptors (Lipinski definition) is 4. The summed E-state index contributed by atoms with van der Waals surface area (Å²) < 4.78 is 5.42. The second-order valence-corrected chi connectivity index (χ2v) is 6.84. The zero-order valence-electron chi connectivity index (χ0n) is 14.4. The largest absolute Gasteiger partial charge is 0.463 e. The van der Waals surface area contributed by atoms with E-state index < -0.39 is 5.60 Å². The Morgan fingerprint density at radius 3 is 2.91 bits per heavy atom. The van der Waals surface area contributed by atoms with Crippen molar-refractivity contribution in [3.63, 3.8) is 0 Å². The number of amides is 2. The number of aliphatic hydroxyl groups is 1. The first kappa shape index (κ1) is 17.8. The normalized spacial score (nSPS) is 21.7. The highest BCUT2D eigenvalue weighted by Gasteiger charge is 2.27. The van der Waals surface area contributed by atoms with Gasteiger partial charge < -0.3 is 25.1 Å². The molecule has 130 valence electrons. The third-order valence-corrected chi connectivity index (χ3v) is 4.32. The molecular formula is C17H29N3O3. The van der Waals surface area contributed by atoms with E-state index in [-0.39, 0.29) is 12.6 Å². The number of aryl methyl sites for hydroxylation is 1. The molecule has 2 unspecified atom stereocenters. The number of piperidine rings is 1. The fourth-order valence-electron chi connectivity index (χ4n) is 2.94. The van der Waals surface area contributed by atoms with Crippen molar-refractivity contribution < 1.29 is 14.3 Å². The molecule has 0 radical (unpaired) electrons. The van der Waals surface area contributed by atoms with Gasteiger partial charge in [-0.15, -0.1) is 0 Å². The van der Waals surface area contributed by atoms with Gasteiger partial charge in [0.05, 0.1) is 6.54 Å². The van der Waals surface area contributed by atoms with Crippen molar-refractivity contribution >= 4 is 6.03 Å². The molecule has 2 atom stereocenters. The molecule has 2 amide bonds. The molecule has 2 rings (SSSR count). The van der Waals surface area contributed by atoms with Crippen molar-refractivity contribution in [3.8, 4) is 0 Å². The molecule has 1 aliphatic heterocycles. The Morgan fingerprint density at radius 2 is 2.26 bits per heavy atom. The molecule has 1 aromatic heterocycles. The van der Waals surface area contributed by atoms with Crippen LogP contribution in [-0.4, -0.2) is 48.8 Å². The van der Waals surface area contributed by atoms with E-state index in [1.54, 1.807) is 19.1 Å². The number of likely N-dealkylation sites (tertiary alicyclic amines) is 1. The van der Waals surface area contributed by atoms with Gasteiger partial charge in [0.1, 0.15) is 17.1 Å². The van der Waals surface area contributed by atoms with E-state index in [1.165, 1.54) is 12.8 Å². The van der Waals surface area contributed by atoms with Crippen LogP contribution in [0.2, 0.25) is 0 Å². The Labute approximate surface area is 138 Å². The maximum Gasteiger partial charge on any atom is 0.314 e. The molecule has 6 nitrogen and oxygen atoms in total. The van der Waals surface area contributed by atoms with Crippen LogP contribution < -0.4 is 10.6 Å². The van der Waals surface area contributed by atoms with E-state index in [1.807, 2.05) is 6.92 Å². The number of nitrogens with one attached hydrogen (secondary N) is 2. The van der Waals surface area contributed by atoms with Crippen LogP contribution in [0.15, 0.2) is 16.5 Å². The maximum atomic E-state index is 11.8. The van der Waals surface area contributed by atoms with E-state index in [4.69, 9.17) is 4.42 Å². The molecular weight excluding hydrogens is 294 g/mol. The smallest absolute Gasteiger partial charge is 0.314 e. The van der Waals surface area contributed by atoms with E-state index in [0.29, 0.717) is 12.3 Å². The van der Waals surface area contributed by atoms with Crippen molar-refractivity contribution in [3.05, 3.63) is 23.7 Å². The molecule has 2 heterocycles. The zero-order chi connectivity index (χ0) is 16.9. The minimum absolute atomic E-state index is 0.104. The molecule has 1 aromatic rings. The minimum atomic E-state index is -1.21. The van der Waals surface area contributed by atoms with Gasteiger partial charge in [-0.3, -0.25) is 0 Å². The highest BCUT2D eigenvalue weighted by atomic mass is 16.4. The lowest BCUT2D eigenvalue weighted by Gasteiger charge is -2.30. The summed E-state index contributed by atoms with van der Waals surface area (Å²) in [4.78, 5) is 14.2. The van der Waals surface area contributed by atoms with Crippen LogP contribution >= 0.6 is 0 Å². The Balaban J connectivity index is 1.66. The monoisotopic (exact) mass is 323 g/mol. The lowest BCUT2D eigenvalue weighted by Crippen LogP contribution is -2.46. The van der Waals surface area contributed by atoms with Crippen LogP contribution in [0.1, 0.15) is 38.2 Å². The van der Waals surface area contributed by atoms with Crippen LogP contribution in [-0.2, 0) is 5.60 Å². The predicted molar refractivity (Wildman–Crippen MR) is 89.3 cm³/mol. The van der Waals surface area contributed by atoms with E-state index >= 15 is 0 Å². The van der Waals surface area contributed by atoms with Gasteiger partial charge in [-0.2, -0.15) is 0 Å². The van der Waals surface area contributed by atoms with Gasteiger partial charge in [0.2, 0.25) is 0 Å². The highest BCUT2D eigenvalue weighted by Crippen LogP contribution is 2.21. The first-order valence-corrected chi connectivity index (χ1v) is 8.40. The average Bonchev–Trinajstić information content (AvgIpc) is 2.93. The molecule has 1 aliphatic rings. The summed E-state index contributed by atoms with van der Waals surface area (Å²) in [6, 6.07) is 3.26. The van der Waals surface area contributed by atoms with E-state index in [2.05, 4.69) is 22.5 Å². The standard InChI is InChI=1S/C17H29N3O3/c1-13-5-4-9-20(11-13)10-8-18-16(21)19-12-17(3,22)15-7-6-14(2)23-15/h6-7,13,22H,4-5,8-12H2,1-3H3,(H2,18,19,21). The summed E-state index contributed by atoms with van der Waals surface area (Å²) in [5, 5.41) is 15.9. The van der Waals surface area contributed by atoms with Crippen molar-refractivity contribution in [1.29, 1.82) is 0 Å². The maximum absolute atomic E-state index is 11.8. The van der Waals surface area contributed by atoms with Crippen molar-refractivity contribution in [2.45, 2.75) is 39.2 Å². The van der Waals surface area contributed by atoms with Crippen molar-refractivity contribution in [2.75, 3.05) is 32.7 Å². The number of hydrogen-bond donors (Lipinski definition) is 3. The van der Waals surface area contributed by atoms with Crippen LogP contribution in [0.25, 0.3) is 0 Å². The van der Waals surface area contributed by atoms with Crippen molar-refractivity contribution in [2.24, 2.45) is 5.92 Å². The third-order valence-electron chi connectivity index (χ3n) is 4.32. The predicted octanol–water partition coefficient (Wildman–Crippen LogP) is 1.83. The number of nitrogens with zero attached hydrogens (tertiary/aromatic N) is 1. The fraction of sp³-hybridized carbons (Fsp3) is 0.706. The Hall–Kier alpha value is -1.53. The number of carbonyl (C=O) groups is 1. The van der Waals surface area contributed by atoms with E-state index in [0.717, 1.165) is 31.3 Å². The quantitative estimate of drug-likeness (QED) is 0.746. The van der Waals surface area contributed by atoms with Crippen LogP contribution in [0.3, 0.4) is 0 Å². The highest BCUT2D eigenvalue weighted by molar-refractivity contribution is 5.73. The second kappa shape index (κ2) is 7.84. The molecule has 1 fully saturated rings. The van der Waals surface area contributed by atoms with Gasteiger partial charge in [0.25, 0.3) is 0 Å². The molecule has 1 saturated heterocycles. The Kier molecular flexibility index (Phi) is 6.07. The minimum Gasteiger partial charge on any atom is -0.463 e. The molecule has 6 heteroatoms. The molecule has 3 N–H and O–H groups in total. The summed E-state index contributed by atoms with van der Waals surface area (Å²) in [6.45, 7) is 9.52. The molecule has 23 heavy (non-hydrogen) atoms. The summed E-state index contributed by atoms with van der Waals surface area (Å²) in [5.41, 5.74) is -1.21. The number of furan rings is 1. The van der Waals surface area contributed by atoms with Gasteiger partial charge in [-0.1, -0.05) is 6.92 Å². The van der Waals surface area contributed by atoms with Crippen LogP contribution in [0.5, 0.6) is 0 Å². The Morgan fingerprint density at radius 1 is 1.48 bits per heavy atom. The third kappa shape index (κ3) is 5.55.